The summed E-state index contributed by atoms with van der Waals surface area (Å²) < 4.78 is 23.0. The summed E-state index contributed by atoms with van der Waals surface area (Å²) in [6, 6.07) is 1.88. The molecule has 0 atom stereocenters. The molecule has 0 aliphatic carbocycles. The smallest absolute Gasteiger partial charge is 0.271 e. The van der Waals surface area contributed by atoms with Crippen molar-refractivity contribution in [2.24, 2.45) is 0 Å². The van der Waals surface area contributed by atoms with Crippen LogP contribution in [-0.4, -0.2) is 37.2 Å². The molecule has 0 bridgehead atoms. The van der Waals surface area contributed by atoms with Gasteiger partial charge in [0.05, 0.1) is 15.0 Å². The van der Waals surface area contributed by atoms with E-state index >= 15 is 0 Å². The first-order valence-electron chi connectivity index (χ1n) is 5.93. The lowest BCUT2D eigenvalue weighted by molar-refractivity contribution is -0.385. The van der Waals surface area contributed by atoms with Crippen molar-refractivity contribution in [3.05, 3.63) is 32.3 Å². The topological polar surface area (TPSA) is 97.6 Å². The van der Waals surface area contributed by atoms with Crippen molar-refractivity contribution in [1.29, 1.82) is 0 Å². The largest absolute Gasteiger partial charge is 0.339 e. The summed E-state index contributed by atoms with van der Waals surface area (Å²) in [5, 5.41) is 10.9. The summed E-state index contributed by atoms with van der Waals surface area (Å²) in [6.45, 7) is 1.08. The molecule has 0 spiro atoms. The van der Waals surface area contributed by atoms with Crippen molar-refractivity contribution in [2.45, 2.75) is 17.7 Å². The Labute approximate surface area is 133 Å². The number of hydrogen-bond acceptors (Lipinski definition) is 5. The Balaban J connectivity index is 2.61. The van der Waals surface area contributed by atoms with Gasteiger partial charge in [0, 0.05) is 35.9 Å². The first kappa shape index (κ1) is 16.2. The number of rotatable bonds is 3. The molecule has 1 aromatic carbocycles. The molecule has 21 heavy (non-hydrogen) atoms. The third-order valence-corrected chi connectivity index (χ3v) is 5.58. The molecule has 0 aromatic heterocycles. The Morgan fingerprint density at radius 2 is 1.90 bits per heavy atom. The van der Waals surface area contributed by atoms with E-state index in [1.165, 1.54) is 4.90 Å². The fourth-order valence-electron chi connectivity index (χ4n) is 2.11. The zero-order valence-corrected chi connectivity index (χ0v) is 13.7. The van der Waals surface area contributed by atoms with Crippen LogP contribution in [0.5, 0.6) is 0 Å². The average Bonchev–Trinajstić information content (AvgIpc) is 2.90. The molecule has 10 heteroatoms. The third-order valence-electron chi connectivity index (χ3n) is 3.12. The van der Waals surface area contributed by atoms with Gasteiger partial charge in [0.2, 0.25) is 0 Å². The molecule has 1 fully saturated rings. The highest BCUT2D eigenvalue weighted by atomic mass is 79.9. The molecule has 1 aromatic rings. The van der Waals surface area contributed by atoms with E-state index in [0.717, 1.165) is 25.0 Å². The van der Waals surface area contributed by atoms with Gasteiger partial charge in [0.15, 0.2) is 0 Å². The second-order valence-corrected chi connectivity index (χ2v) is 7.83. The predicted octanol–water partition coefficient (Wildman–Crippen LogP) is 2.52. The standard InChI is InChI=1S/C11H10BrClN2O5S/c12-10-8(11(16)14-3-1-2-4-14)5-7(15(17)18)6-9(10)21(13,19)20/h5-6H,1-4H2. The minimum Gasteiger partial charge on any atom is -0.339 e. The van der Waals surface area contributed by atoms with Crippen molar-refractivity contribution in [1.82, 2.24) is 4.90 Å². The summed E-state index contributed by atoms with van der Waals surface area (Å²) in [7, 11) is 1.05. The summed E-state index contributed by atoms with van der Waals surface area (Å²) in [5.74, 6) is -0.454. The highest BCUT2D eigenvalue weighted by molar-refractivity contribution is 9.10. The molecular formula is C11H10BrClN2O5S. The van der Waals surface area contributed by atoms with Crippen LogP contribution in [0.3, 0.4) is 0 Å². The molecule has 0 N–H and O–H groups in total. The van der Waals surface area contributed by atoms with Crippen LogP contribution < -0.4 is 0 Å². The minimum absolute atomic E-state index is 0.0556. The molecule has 1 amide bonds. The monoisotopic (exact) mass is 396 g/mol. The molecule has 114 valence electrons. The van der Waals surface area contributed by atoms with Crippen LogP contribution in [0.1, 0.15) is 23.2 Å². The molecule has 0 radical (unpaired) electrons. The molecular weight excluding hydrogens is 388 g/mol. The van der Waals surface area contributed by atoms with E-state index in [2.05, 4.69) is 15.9 Å². The predicted molar refractivity (Wildman–Crippen MR) is 79.0 cm³/mol. The number of benzene rings is 1. The first-order valence-corrected chi connectivity index (χ1v) is 9.04. The lowest BCUT2D eigenvalue weighted by Gasteiger charge is -2.16. The molecule has 7 nitrogen and oxygen atoms in total. The third kappa shape index (κ3) is 3.35. The van der Waals surface area contributed by atoms with Crippen LogP contribution in [0.2, 0.25) is 0 Å². The Morgan fingerprint density at radius 1 is 1.33 bits per heavy atom. The highest BCUT2D eigenvalue weighted by Crippen LogP contribution is 2.34. The van der Waals surface area contributed by atoms with Crippen molar-refractivity contribution in [2.75, 3.05) is 13.1 Å². The zero-order chi connectivity index (χ0) is 15.8. The van der Waals surface area contributed by atoms with Gasteiger partial charge in [-0.3, -0.25) is 14.9 Å². The van der Waals surface area contributed by atoms with Crippen molar-refractivity contribution < 1.29 is 18.1 Å². The number of carbonyl (C=O) groups is 1. The molecule has 1 aliphatic rings. The van der Waals surface area contributed by atoms with Gasteiger partial charge in [-0.25, -0.2) is 8.42 Å². The van der Waals surface area contributed by atoms with Gasteiger partial charge in [-0.15, -0.1) is 0 Å². The normalized spacial score (nSPS) is 15.2. The van der Waals surface area contributed by atoms with E-state index in [-0.39, 0.29) is 10.0 Å². The van der Waals surface area contributed by atoms with Crippen LogP contribution in [0.25, 0.3) is 0 Å². The maximum atomic E-state index is 12.4. The Hall–Kier alpha value is -1.19. The number of hydrogen-bond donors (Lipinski definition) is 0. The second-order valence-electron chi connectivity index (χ2n) is 4.50. The van der Waals surface area contributed by atoms with Crippen molar-refractivity contribution >= 4 is 47.3 Å². The number of nitrogens with zero attached hydrogens (tertiary/aromatic N) is 2. The molecule has 1 heterocycles. The Kier molecular flexibility index (Phi) is 4.54. The van der Waals surface area contributed by atoms with E-state index < -0.39 is 30.5 Å². The van der Waals surface area contributed by atoms with Crippen LogP contribution in [-0.2, 0) is 9.05 Å². The highest BCUT2D eigenvalue weighted by Gasteiger charge is 2.28. The fraction of sp³-hybridized carbons (Fsp3) is 0.364. The number of amides is 1. The lowest BCUT2D eigenvalue weighted by atomic mass is 10.2. The molecule has 1 aliphatic heterocycles. The van der Waals surface area contributed by atoms with E-state index in [4.69, 9.17) is 10.7 Å². The van der Waals surface area contributed by atoms with Gasteiger partial charge in [0.25, 0.3) is 20.6 Å². The van der Waals surface area contributed by atoms with Crippen molar-refractivity contribution in [3.8, 4) is 0 Å². The van der Waals surface area contributed by atoms with E-state index in [9.17, 15) is 23.3 Å². The summed E-state index contributed by atoms with van der Waals surface area (Å²) in [4.78, 5) is 23.5. The maximum absolute atomic E-state index is 12.4. The molecule has 1 saturated heterocycles. The fourth-order valence-corrected chi connectivity index (χ4v) is 4.38. The first-order chi connectivity index (χ1) is 9.71. The van der Waals surface area contributed by atoms with Crippen LogP contribution in [0.15, 0.2) is 21.5 Å². The van der Waals surface area contributed by atoms with Crippen LogP contribution in [0.4, 0.5) is 5.69 Å². The zero-order valence-electron chi connectivity index (χ0n) is 10.6. The minimum atomic E-state index is -4.22. The van der Waals surface area contributed by atoms with E-state index in [0.29, 0.717) is 13.1 Å². The summed E-state index contributed by atoms with van der Waals surface area (Å²) in [6.07, 6.45) is 1.69. The van der Waals surface area contributed by atoms with Crippen LogP contribution >= 0.6 is 26.6 Å². The lowest BCUT2D eigenvalue weighted by Crippen LogP contribution is -2.28. The number of nitro benzene ring substituents is 1. The van der Waals surface area contributed by atoms with Gasteiger partial charge >= 0.3 is 0 Å². The number of non-ortho nitro benzene ring substituents is 1. The number of carbonyl (C=O) groups excluding carboxylic acids is 1. The maximum Gasteiger partial charge on any atom is 0.271 e. The Morgan fingerprint density at radius 3 is 2.38 bits per heavy atom. The summed E-state index contributed by atoms with van der Waals surface area (Å²) >= 11 is 3.01. The average molecular weight is 398 g/mol. The van der Waals surface area contributed by atoms with Gasteiger partial charge in [-0.05, 0) is 28.8 Å². The number of halogens is 2. The van der Waals surface area contributed by atoms with Gasteiger partial charge < -0.3 is 4.90 Å². The Bertz CT molecular complexity index is 716. The van der Waals surface area contributed by atoms with Gasteiger partial charge in [0.1, 0.15) is 4.90 Å². The summed E-state index contributed by atoms with van der Waals surface area (Å²) in [5.41, 5.74) is -0.578. The number of likely N-dealkylation sites (tertiary alicyclic amines) is 1. The van der Waals surface area contributed by atoms with Crippen LogP contribution in [0, 0.1) is 10.1 Å². The molecule has 2 rings (SSSR count). The quantitative estimate of drug-likeness (QED) is 0.443. The van der Waals surface area contributed by atoms with Gasteiger partial charge in [-0.2, -0.15) is 0 Å². The van der Waals surface area contributed by atoms with E-state index in [1.807, 2.05) is 0 Å². The molecule has 0 unspecified atom stereocenters. The van der Waals surface area contributed by atoms with E-state index in [1.54, 1.807) is 0 Å². The number of nitro groups is 1. The van der Waals surface area contributed by atoms with Crippen molar-refractivity contribution in [3.63, 3.8) is 0 Å². The van der Waals surface area contributed by atoms with Gasteiger partial charge in [-0.1, -0.05) is 0 Å². The molecule has 0 saturated carbocycles. The second kappa shape index (κ2) is 5.90. The SMILES string of the molecule is O=C(c1cc([N+](=O)[O-])cc(S(=O)(=O)Cl)c1Br)N1CCCC1.